The molecule has 15 heteroatoms. The van der Waals surface area contributed by atoms with Crippen molar-refractivity contribution >= 4 is 33.8 Å². The van der Waals surface area contributed by atoms with E-state index in [-0.39, 0.29) is 40.2 Å². The van der Waals surface area contributed by atoms with Crippen molar-refractivity contribution in [1.29, 1.82) is 0 Å². The molecule has 5 N–H and O–H groups in total. The first-order valence-electron chi connectivity index (χ1n) is 10.7. The number of carbonyl (C=O) groups is 1. The Kier molecular flexibility index (Phi) is 7.13. The maximum atomic E-state index is 14.4. The third kappa shape index (κ3) is 5.41. The lowest BCUT2D eigenvalue weighted by molar-refractivity contribution is -0.000600. The second-order valence-electron chi connectivity index (χ2n) is 8.27. The summed E-state index contributed by atoms with van der Waals surface area (Å²) in [7, 11) is 0. The predicted octanol–water partition coefficient (Wildman–Crippen LogP) is 3.95. The number of aromatic nitrogens is 3. The highest BCUT2D eigenvalue weighted by molar-refractivity contribution is 7.19. The summed E-state index contributed by atoms with van der Waals surface area (Å²) in [6.07, 6.45) is -2.24. The molecule has 2 aromatic heterocycles. The summed E-state index contributed by atoms with van der Waals surface area (Å²) in [5.41, 5.74) is 10.6. The van der Waals surface area contributed by atoms with Gasteiger partial charge < -0.3 is 21.7 Å². The van der Waals surface area contributed by atoms with E-state index in [1.807, 2.05) is 0 Å². The van der Waals surface area contributed by atoms with Crippen molar-refractivity contribution in [3.8, 4) is 10.6 Å². The minimum absolute atomic E-state index is 0.00407. The van der Waals surface area contributed by atoms with Gasteiger partial charge in [0.1, 0.15) is 33.9 Å². The van der Waals surface area contributed by atoms with E-state index in [0.717, 1.165) is 34.0 Å². The molecule has 194 valence electrons. The molecule has 1 atom stereocenters. The topological polar surface area (TPSA) is 115 Å². The molecule has 1 aromatic carbocycles. The van der Waals surface area contributed by atoms with Crippen molar-refractivity contribution in [3.63, 3.8) is 0 Å². The maximum absolute atomic E-state index is 14.4. The highest BCUT2D eigenvalue weighted by Crippen LogP contribution is 2.36. The van der Waals surface area contributed by atoms with Crippen LogP contribution in [0.1, 0.15) is 23.3 Å². The number of halogens is 6. The SMILES string of the molecule is Nc1sc(-c2c(F)cccc2F)nc1C(=O)Nc1cnn(CC(F)F)c1N1CC[C@@H](N)CC(F)(F)C1. The van der Waals surface area contributed by atoms with Gasteiger partial charge in [-0.15, -0.1) is 0 Å². The number of thiazole rings is 1. The minimum Gasteiger partial charge on any atom is -0.389 e. The van der Waals surface area contributed by atoms with Crippen LogP contribution in [-0.4, -0.2) is 52.2 Å². The van der Waals surface area contributed by atoms with E-state index in [1.54, 1.807) is 0 Å². The number of nitrogens with two attached hydrogens (primary N) is 2. The first kappa shape index (κ1) is 25.8. The van der Waals surface area contributed by atoms with Gasteiger partial charge >= 0.3 is 0 Å². The fourth-order valence-corrected chi connectivity index (χ4v) is 4.84. The van der Waals surface area contributed by atoms with Gasteiger partial charge in [0, 0.05) is 19.0 Å². The van der Waals surface area contributed by atoms with Gasteiger partial charge in [-0.2, -0.15) is 5.10 Å². The minimum atomic E-state index is -3.21. The number of hydrogen-bond donors (Lipinski definition) is 3. The third-order valence-corrected chi connectivity index (χ3v) is 6.37. The molecule has 1 amide bonds. The van der Waals surface area contributed by atoms with E-state index in [1.165, 1.54) is 0 Å². The number of nitrogens with zero attached hydrogens (tertiary/aromatic N) is 4. The standard InChI is InChI=1S/C21H21F6N7OS/c22-11-2-1-3-12(23)15(11)19-32-16(17(29)36-19)18(35)31-13-7-30-34(8-14(24)25)20(13)33-5-4-10(28)6-21(26,27)9-33/h1-3,7,10,14H,4-6,8-9,28-29H2,(H,31,35)/t10-/m1/s1. The van der Waals surface area contributed by atoms with Crippen LogP contribution in [0.4, 0.5) is 42.8 Å². The average Bonchev–Trinajstić information content (AvgIpc) is 3.29. The summed E-state index contributed by atoms with van der Waals surface area (Å²) >= 11 is 0.666. The van der Waals surface area contributed by atoms with E-state index in [0.29, 0.717) is 11.3 Å². The van der Waals surface area contributed by atoms with E-state index in [9.17, 15) is 31.1 Å². The van der Waals surface area contributed by atoms with E-state index < -0.39 is 61.0 Å². The number of benzene rings is 1. The van der Waals surface area contributed by atoms with Gasteiger partial charge in [-0.25, -0.2) is 36.0 Å². The highest BCUT2D eigenvalue weighted by atomic mass is 32.1. The van der Waals surface area contributed by atoms with Crippen LogP contribution in [0.3, 0.4) is 0 Å². The van der Waals surface area contributed by atoms with Crippen LogP contribution in [0.5, 0.6) is 0 Å². The molecule has 0 bridgehead atoms. The molecule has 4 rings (SSSR count). The van der Waals surface area contributed by atoms with Crippen molar-refractivity contribution in [2.24, 2.45) is 5.73 Å². The van der Waals surface area contributed by atoms with E-state index in [4.69, 9.17) is 11.5 Å². The predicted molar refractivity (Wildman–Crippen MR) is 122 cm³/mol. The molecule has 0 radical (unpaired) electrons. The van der Waals surface area contributed by atoms with Crippen LogP contribution >= 0.6 is 11.3 Å². The highest BCUT2D eigenvalue weighted by Gasteiger charge is 2.39. The first-order valence-corrected chi connectivity index (χ1v) is 11.5. The lowest BCUT2D eigenvalue weighted by Crippen LogP contribution is -2.37. The Hall–Kier alpha value is -3.33. The average molecular weight is 534 g/mol. The maximum Gasteiger partial charge on any atom is 0.277 e. The number of nitrogen functional groups attached to an aromatic ring is 1. The van der Waals surface area contributed by atoms with Crippen molar-refractivity contribution < 1.29 is 31.1 Å². The molecule has 0 unspecified atom stereocenters. The van der Waals surface area contributed by atoms with Crippen molar-refractivity contribution in [1.82, 2.24) is 14.8 Å². The normalized spacial score (nSPS) is 17.9. The Morgan fingerprint density at radius 1 is 1.28 bits per heavy atom. The fourth-order valence-electron chi connectivity index (χ4n) is 3.96. The molecule has 0 saturated carbocycles. The monoisotopic (exact) mass is 533 g/mol. The molecule has 1 aliphatic rings. The van der Waals surface area contributed by atoms with Crippen LogP contribution < -0.4 is 21.7 Å². The number of anilines is 3. The molecule has 1 saturated heterocycles. The van der Waals surface area contributed by atoms with Crippen LogP contribution in [0.25, 0.3) is 10.6 Å². The Balaban J connectivity index is 1.67. The second kappa shape index (κ2) is 9.97. The number of rotatable bonds is 6. The Morgan fingerprint density at radius 3 is 2.64 bits per heavy atom. The molecule has 3 heterocycles. The summed E-state index contributed by atoms with van der Waals surface area (Å²) in [6, 6.07) is 2.39. The van der Waals surface area contributed by atoms with Crippen LogP contribution in [0.2, 0.25) is 0 Å². The summed E-state index contributed by atoms with van der Waals surface area (Å²) < 4.78 is 84.3. The molecular weight excluding hydrogens is 512 g/mol. The number of amides is 1. The largest absolute Gasteiger partial charge is 0.389 e. The van der Waals surface area contributed by atoms with E-state index in [2.05, 4.69) is 15.4 Å². The number of nitrogens with one attached hydrogen (secondary N) is 1. The van der Waals surface area contributed by atoms with Gasteiger partial charge in [0.15, 0.2) is 11.5 Å². The van der Waals surface area contributed by atoms with Gasteiger partial charge in [-0.3, -0.25) is 4.79 Å². The summed E-state index contributed by atoms with van der Waals surface area (Å²) in [6.45, 7) is -1.73. The summed E-state index contributed by atoms with van der Waals surface area (Å²) in [4.78, 5) is 18.0. The Labute approximate surface area is 204 Å². The molecule has 36 heavy (non-hydrogen) atoms. The fraction of sp³-hybridized carbons (Fsp3) is 0.381. The van der Waals surface area contributed by atoms with E-state index >= 15 is 0 Å². The second-order valence-corrected chi connectivity index (χ2v) is 9.30. The molecule has 1 aliphatic heterocycles. The molecular formula is C21H21F6N7OS. The van der Waals surface area contributed by atoms with Crippen LogP contribution in [0, 0.1) is 11.6 Å². The number of carbonyl (C=O) groups excluding carboxylic acids is 1. The third-order valence-electron chi connectivity index (χ3n) is 5.47. The summed E-state index contributed by atoms with van der Waals surface area (Å²) in [5, 5.41) is 5.87. The quantitative estimate of drug-likeness (QED) is 0.414. The molecule has 8 nitrogen and oxygen atoms in total. The number of alkyl halides is 4. The zero-order valence-corrected chi connectivity index (χ0v) is 19.3. The zero-order valence-electron chi connectivity index (χ0n) is 18.5. The molecule has 3 aromatic rings. The van der Waals surface area contributed by atoms with Crippen LogP contribution in [0.15, 0.2) is 24.4 Å². The first-order chi connectivity index (χ1) is 16.9. The Bertz CT molecular complexity index is 1240. The van der Waals surface area contributed by atoms with Crippen LogP contribution in [-0.2, 0) is 6.54 Å². The summed E-state index contributed by atoms with van der Waals surface area (Å²) in [5.74, 6) is -6.14. The molecule has 0 spiro atoms. The van der Waals surface area contributed by atoms with Crippen molar-refractivity contribution in [2.45, 2.75) is 37.8 Å². The molecule has 1 fully saturated rings. The van der Waals surface area contributed by atoms with Gasteiger partial charge in [0.25, 0.3) is 18.3 Å². The van der Waals surface area contributed by atoms with Gasteiger partial charge in [-0.1, -0.05) is 17.4 Å². The lowest BCUT2D eigenvalue weighted by Gasteiger charge is -2.27. The van der Waals surface area contributed by atoms with Gasteiger partial charge in [0.2, 0.25) is 0 Å². The smallest absolute Gasteiger partial charge is 0.277 e. The van der Waals surface area contributed by atoms with Crippen molar-refractivity contribution in [2.75, 3.05) is 29.0 Å². The van der Waals surface area contributed by atoms with Gasteiger partial charge in [0.05, 0.1) is 18.3 Å². The number of hydrogen-bond acceptors (Lipinski definition) is 7. The van der Waals surface area contributed by atoms with Gasteiger partial charge in [-0.05, 0) is 18.6 Å². The molecule has 0 aliphatic carbocycles. The Morgan fingerprint density at radius 2 is 1.97 bits per heavy atom. The van der Waals surface area contributed by atoms with Crippen molar-refractivity contribution in [3.05, 3.63) is 41.7 Å². The zero-order chi connectivity index (χ0) is 26.2. The lowest BCUT2D eigenvalue weighted by atomic mass is 10.1.